The maximum absolute atomic E-state index is 4.87. The van der Waals surface area contributed by atoms with Gasteiger partial charge in [-0.25, -0.2) is 0 Å². The van der Waals surface area contributed by atoms with Gasteiger partial charge in [-0.2, -0.15) is 15.3 Å². The van der Waals surface area contributed by atoms with E-state index in [1.807, 2.05) is 13.8 Å². The van der Waals surface area contributed by atoms with Gasteiger partial charge in [0.05, 0.1) is 0 Å². The van der Waals surface area contributed by atoms with Crippen LogP contribution in [0.15, 0.2) is 0 Å². The first kappa shape index (κ1) is 7.43. The molecular formula is C5H9N3OS. The molecular weight excluding hydrogens is 150 g/mol. The molecule has 0 bridgehead atoms. The molecule has 1 aromatic rings. The van der Waals surface area contributed by atoms with Crippen LogP contribution in [0.25, 0.3) is 0 Å². The van der Waals surface area contributed by atoms with Gasteiger partial charge in [0.15, 0.2) is 0 Å². The van der Waals surface area contributed by atoms with Gasteiger partial charge >= 0.3 is 5.19 Å². The number of rotatable bonds is 2. The summed E-state index contributed by atoms with van der Waals surface area (Å²) >= 11 is 1.17. The van der Waals surface area contributed by atoms with Crippen molar-refractivity contribution in [1.29, 1.82) is 0 Å². The van der Waals surface area contributed by atoms with Gasteiger partial charge in [0.25, 0.3) is 0 Å². The summed E-state index contributed by atoms with van der Waals surface area (Å²) in [5.74, 6) is 5.99. The van der Waals surface area contributed by atoms with Gasteiger partial charge in [-0.15, -0.1) is 0 Å². The first-order valence-electron chi connectivity index (χ1n) is 2.94. The van der Waals surface area contributed by atoms with Gasteiger partial charge in [-0.1, -0.05) is 13.8 Å². The Balaban J connectivity index is 2.78. The molecule has 0 fully saturated rings. The van der Waals surface area contributed by atoms with E-state index in [-0.39, 0.29) is 0 Å². The van der Waals surface area contributed by atoms with E-state index in [4.69, 9.17) is 5.90 Å². The summed E-state index contributed by atoms with van der Waals surface area (Å²) in [5.41, 5.74) is 0. The molecule has 0 unspecified atom stereocenters. The topological polar surface area (TPSA) is 61.0 Å². The van der Waals surface area contributed by atoms with Crippen molar-refractivity contribution in [3.8, 4) is 5.19 Å². The highest BCUT2D eigenvalue weighted by molar-refractivity contribution is 7.07. The number of nitrogens with two attached hydrogens (primary N) is 1. The van der Waals surface area contributed by atoms with Crippen molar-refractivity contribution in [2.24, 2.45) is 5.90 Å². The lowest BCUT2D eigenvalue weighted by Gasteiger charge is -1.93. The molecule has 0 atom stereocenters. The summed E-state index contributed by atoms with van der Waals surface area (Å²) in [6.07, 6.45) is 0. The predicted molar refractivity (Wildman–Crippen MR) is 38.8 cm³/mol. The van der Waals surface area contributed by atoms with Gasteiger partial charge in [0.2, 0.25) is 0 Å². The fourth-order valence-corrected chi connectivity index (χ4v) is 1.10. The minimum Gasteiger partial charge on any atom is -0.378 e. The van der Waals surface area contributed by atoms with E-state index >= 15 is 0 Å². The fraction of sp³-hybridized carbons (Fsp3) is 0.600. The van der Waals surface area contributed by atoms with E-state index in [0.717, 1.165) is 5.82 Å². The van der Waals surface area contributed by atoms with Crippen molar-refractivity contribution in [2.75, 3.05) is 0 Å². The SMILES string of the molecule is CC(C)c1nsc(ON)n1. The van der Waals surface area contributed by atoms with Gasteiger partial charge in [0.1, 0.15) is 5.82 Å². The molecule has 1 heterocycles. The van der Waals surface area contributed by atoms with Crippen LogP contribution in [0.2, 0.25) is 0 Å². The highest BCUT2D eigenvalue weighted by Crippen LogP contribution is 2.17. The van der Waals surface area contributed by atoms with Crippen LogP contribution in [0.4, 0.5) is 0 Å². The second-order valence-electron chi connectivity index (χ2n) is 2.19. The van der Waals surface area contributed by atoms with Crippen molar-refractivity contribution in [2.45, 2.75) is 19.8 Å². The molecule has 0 aliphatic rings. The lowest BCUT2D eigenvalue weighted by molar-refractivity contribution is 0.331. The number of hydrogen-bond acceptors (Lipinski definition) is 5. The van der Waals surface area contributed by atoms with Crippen molar-refractivity contribution in [3.05, 3.63) is 5.82 Å². The van der Waals surface area contributed by atoms with E-state index in [1.165, 1.54) is 11.5 Å². The molecule has 56 valence electrons. The highest BCUT2D eigenvalue weighted by atomic mass is 32.1. The van der Waals surface area contributed by atoms with Crippen LogP contribution in [0.5, 0.6) is 5.19 Å². The van der Waals surface area contributed by atoms with E-state index in [1.54, 1.807) is 0 Å². The molecule has 4 nitrogen and oxygen atoms in total. The highest BCUT2D eigenvalue weighted by Gasteiger charge is 2.06. The van der Waals surface area contributed by atoms with Crippen molar-refractivity contribution < 1.29 is 4.84 Å². The molecule has 0 aliphatic heterocycles. The zero-order chi connectivity index (χ0) is 7.56. The third-order valence-corrected chi connectivity index (χ3v) is 1.66. The lowest BCUT2D eigenvalue weighted by Crippen LogP contribution is -2.01. The first-order valence-corrected chi connectivity index (χ1v) is 3.71. The van der Waals surface area contributed by atoms with Crippen molar-refractivity contribution >= 4 is 11.5 Å². The van der Waals surface area contributed by atoms with Crippen LogP contribution in [0.1, 0.15) is 25.6 Å². The number of nitrogens with zero attached hydrogens (tertiary/aromatic N) is 2. The first-order chi connectivity index (χ1) is 4.74. The Labute approximate surface area is 63.2 Å². The molecule has 10 heavy (non-hydrogen) atoms. The molecule has 0 aromatic carbocycles. The maximum Gasteiger partial charge on any atom is 0.313 e. The Bertz CT molecular complexity index is 210. The maximum atomic E-state index is 4.87. The predicted octanol–water partition coefficient (Wildman–Crippen LogP) is 0.914. The van der Waals surface area contributed by atoms with Crippen LogP contribution in [0, 0.1) is 0 Å². The third kappa shape index (κ3) is 1.43. The average molecular weight is 159 g/mol. The lowest BCUT2D eigenvalue weighted by atomic mass is 10.2. The van der Waals surface area contributed by atoms with Gasteiger partial charge in [0, 0.05) is 17.5 Å². The van der Waals surface area contributed by atoms with E-state index in [0.29, 0.717) is 11.1 Å². The Kier molecular flexibility index (Phi) is 2.18. The summed E-state index contributed by atoms with van der Waals surface area (Å²) < 4.78 is 4.01. The largest absolute Gasteiger partial charge is 0.378 e. The minimum atomic E-state index is 0.333. The normalized spacial score (nSPS) is 10.4. The third-order valence-electron chi connectivity index (χ3n) is 1.04. The summed E-state index contributed by atoms with van der Waals surface area (Å²) in [7, 11) is 0. The van der Waals surface area contributed by atoms with E-state index in [2.05, 4.69) is 14.2 Å². The van der Waals surface area contributed by atoms with Crippen LogP contribution < -0.4 is 10.7 Å². The van der Waals surface area contributed by atoms with E-state index in [9.17, 15) is 0 Å². The molecule has 0 saturated heterocycles. The molecule has 2 N–H and O–H groups in total. The van der Waals surface area contributed by atoms with Crippen molar-refractivity contribution in [1.82, 2.24) is 9.36 Å². The zero-order valence-corrected chi connectivity index (χ0v) is 6.68. The zero-order valence-electron chi connectivity index (χ0n) is 5.87. The molecule has 5 heteroatoms. The molecule has 1 aromatic heterocycles. The Morgan fingerprint density at radius 3 is 2.60 bits per heavy atom. The Morgan fingerprint density at radius 1 is 1.60 bits per heavy atom. The summed E-state index contributed by atoms with van der Waals surface area (Å²) in [6.45, 7) is 4.03. The smallest absolute Gasteiger partial charge is 0.313 e. The standard InChI is InChI=1S/C5H9N3OS/c1-3(2)4-7-5(9-6)10-8-4/h3H,6H2,1-2H3. The van der Waals surface area contributed by atoms with Crippen LogP contribution in [0.3, 0.4) is 0 Å². The van der Waals surface area contributed by atoms with Gasteiger partial charge in [-0.3, -0.25) is 0 Å². The quantitative estimate of drug-likeness (QED) is 0.652. The molecule has 0 aliphatic carbocycles. The summed E-state index contributed by atoms with van der Waals surface area (Å²) in [4.78, 5) is 8.38. The van der Waals surface area contributed by atoms with Crippen molar-refractivity contribution in [3.63, 3.8) is 0 Å². The molecule has 0 saturated carbocycles. The number of aromatic nitrogens is 2. The second kappa shape index (κ2) is 2.94. The minimum absolute atomic E-state index is 0.333. The van der Waals surface area contributed by atoms with Gasteiger partial charge < -0.3 is 4.84 Å². The number of hydrogen-bond donors (Lipinski definition) is 1. The summed E-state index contributed by atoms with van der Waals surface area (Å²) in [6, 6.07) is 0. The molecule has 0 amide bonds. The second-order valence-corrected chi connectivity index (χ2v) is 2.91. The van der Waals surface area contributed by atoms with Gasteiger partial charge in [-0.05, 0) is 0 Å². The summed E-state index contributed by atoms with van der Waals surface area (Å²) in [5, 5.41) is 0.420. The Hall–Kier alpha value is -0.680. The fourth-order valence-electron chi connectivity index (χ4n) is 0.503. The molecule has 0 radical (unpaired) electrons. The van der Waals surface area contributed by atoms with Crippen LogP contribution in [-0.2, 0) is 0 Å². The van der Waals surface area contributed by atoms with Crippen LogP contribution >= 0.6 is 11.5 Å². The van der Waals surface area contributed by atoms with E-state index < -0.39 is 0 Å². The molecule has 0 spiro atoms. The molecule has 1 rings (SSSR count). The monoisotopic (exact) mass is 159 g/mol. The Morgan fingerprint density at radius 2 is 2.30 bits per heavy atom. The average Bonchev–Trinajstić information content (AvgIpc) is 2.34. The van der Waals surface area contributed by atoms with Crippen LogP contribution in [-0.4, -0.2) is 9.36 Å².